The highest BCUT2D eigenvalue weighted by molar-refractivity contribution is 7.89. The lowest BCUT2D eigenvalue weighted by atomic mass is 10.1. The van der Waals surface area contributed by atoms with Crippen molar-refractivity contribution in [3.05, 3.63) is 66.2 Å². The second kappa shape index (κ2) is 7.31. The van der Waals surface area contributed by atoms with Gasteiger partial charge in [-0.25, -0.2) is 8.42 Å². The van der Waals surface area contributed by atoms with Crippen LogP contribution in [0.5, 0.6) is 0 Å². The first-order chi connectivity index (χ1) is 13.8. The fraction of sp³-hybridized carbons (Fsp3) is 0.143. The van der Waals surface area contributed by atoms with E-state index in [2.05, 4.69) is 10.6 Å². The molecule has 3 aromatic rings. The van der Waals surface area contributed by atoms with E-state index in [1.165, 1.54) is 13.1 Å². The Bertz CT molecular complexity index is 1240. The highest BCUT2D eigenvalue weighted by atomic mass is 32.2. The van der Waals surface area contributed by atoms with Crippen molar-refractivity contribution < 1.29 is 18.0 Å². The van der Waals surface area contributed by atoms with Gasteiger partial charge in [-0.15, -0.1) is 0 Å². The Morgan fingerprint density at radius 2 is 1.83 bits per heavy atom. The summed E-state index contributed by atoms with van der Waals surface area (Å²) in [6, 6.07) is 17.5. The van der Waals surface area contributed by atoms with Crippen LogP contribution in [-0.2, 0) is 26.0 Å². The van der Waals surface area contributed by atoms with Crippen molar-refractivity contribution in [1.82, 2.24) is 4.31 Å². The molecule has 1 heterocycles. The van der Waals surface area contributed by atoms with Gasteiger partial charge in [0, 0.05) is 18.4 Å². The van der Waals surface area contributed by atoms with E-state index in [-0.39, 0.29) is 23.8 Å². The summed E-state index contributed by atoms with van der Waals surface area (Å²) in [6.45, 7) is -0.330. The Hall–Kier alpha value is -3.23. The zero-order valence-electron chi connectivity index (χ0n) is 15.7. The average Bonchev–Trinajstić information content (AvgIpc) is 3.06. The largest absolute Gasteiger partial charge is 0.326 e. The molecule has 0 fully saturated rings. The Morgan fingerprint density at radius 3 is 2.62 bits per heavy atom. The van der Waals surface area contributed by atoms with Gasteiger partial charge in [0.25, 0.3) is 0 Å². The van der Waals surface area contributed by atoms with Gasteiger partial charge in [-0.2, -0.15) is 4.31 Å². The van der Waals surface area contributed by atoms with Gasteiger partial charge in [0.05, 0.1) is 17.9 Å². The fourth-order valence-electron chi connectivity index (χ4n) is 3.30. The minimum Gasteiger partial charge on any atom is -0.326 e. The van der Waals surface area contributed by atoms with Crippen molar-refractivity contribution in [2.45, 2.75) is 11.3 Å². The Morgan fingerprint density at radius 1 is 1.07 bits per heavy atom. The standard InChI is InChI=1S/C21H19N3O4S/c1-24(29(27,28)18-8-6-14-4-2-3-5-15(14)11-18)13-21(26)22-17-7-9-19-16(10-17)12-20(25)23-19/h2-11H,12-13H2,1H3,(H,22,26)(H,23,25). The molecule has 8 heteroatoms. The van der Waals surface area contributed by atoms with Crippen LogP contribution in [0, 0.1) is 0 Å². The quantitative estimate of drug-likeness (QED) is 0.677. The molecule has 0 saturated carbocycles. The van der Waals surface area contributed by atoms with Crippen molar-refractivity contribution in [3.8, 4) is 0 Å². The number of hydrogen-bond donors (Lipinski definition) is 2. The summed E-state index contributed by atoms with van der Waals surface area (Å²) < 4.78 is 26.7. The van der Waals surface area contributed by atoms with E-state index < -0.39 is 15.9 Å². The summed E-state index contributed by atoms with van der Waals surface area (Å²) in [6.07, 6.45) is 0.259. The monoisotopic (exact) mass is 409 g/mol. The Labute approximate surface area is 168 Å². The summed E-state index contributed by atoms with van der Waals surface area (Å²) >= 11 is 0. The van der Waals surface area contributed by atoms with Crippen LogP contribution in [0.25, 0.3) is 10.8 Å². The molecule has 1 aliphatic heterocycles. The molecule has 0 aliphatic carbocycles. The van der Waals surface area contributed by atoms with Crippen molar-refractivity contribution in [2.75, 3.05) is 24.2 Å². The van der Waals surface area contributed by atoms with Gasteiger partial charge in [-0.1, -0.05) is 30.3 Å². The molecule has 4 rings (SSSR count). The summed E-state index contributed by atoms with van der Waals surface area (Å²) in [4.78, 5) is 23.9. The first kappa shape index (κ1) is 19.1. The first-order valence-electron chi connectivity index (χ1n) is 9.01. The molecule has 0 radical (unpaired) electrons. The van der Waals surface area contributed by atoms with Gasteiger partial charge in [0.2, 0.25) is 21.8 Å². The van der Waals surface area contributed by atoms with Gasteiger partial charge in [-0.05, 0) is 46.7 Å². The minimum absolute atomic E-state index is 0.0929. The van der Waals surface area contributed by atoms with E-state index in [1.54, 1.807) is 30.3 Å². The molecular weight excluding hydrogens is 390 g/mol. The molecule has 0 unspecified atom stereocenters. The van der Waals surface area contributed by atoms with Gasteiger partial charge < -0.3 is 10.6 Å². The van der Waals surface area contributed by atoms with E-state index in [9.17, 15) is 18.0 Å². The van der Waals surface area contributed by atoms with Crippen LogP contribution in [-0.4, -0.2) is 38.1 Å². The number of benzene rings is 3. The number of fused-ring (bicyclic) bond motifs is 2. The first-order valence-corrected chi connectivity index (χ1v) is 10.4. The molecular formula is C21H19N3O4S. The molecule has 3 aromatic carbocycles. The predicted molar refractivity (Wildman–Crippen MR) is 111 cm³/mol. The van der Waals surface area contributed by atoms with Crippen LogP contribution in [0.2, 0.25) is 0 Å². The fourth-order valence-corrected chi connectivity index (χ4v) is 4.47. The molecule has 29 heavy (non-hydrogen) atoms. The predicted octanol–water partition coefficient (Wildman–Crippen LogP) is 2.59. The highest BCUT2D eigenvalue weighted by Gasteiger charge is 2.24. The molecule has 0 aromatic heterocycles. The lowest BCUT2D eigenvalue weighted by Gasteiger charge is -2.17. The maximum absolute atomic E-state index is 12.9. The highest BCUT2D eigenvalue weighted by Crippen LogP contribution is 2.26. The third-order valence-corrected chi connectivity index (χ3v) is 6.61. The molecule has 0 atom stereocenters. The van der Waals surface area contributed by atoms with Crippen molar-refractivity contribution in [2.24, 2.45) is 0 Å². The van der Waals surface area contributed by atoms with Crippen LogP contribution < -0.4 is 10.6 Å². The molecule has 0 saturated heterocycles. The number of nitrogens with one attached hydrogen (secondary N) is 2. The molecule has 0 bridgehead atoms. The van der Waals surface area contributed by atoms with Crippen molar-refractivity contribution in [1.29, 1.82) is 0 Å². The minimum atomic E-state index is -3.82. The SMILES string of the molecule is CN(CC(=O)Nc1ccc2c(c1)CC(=O)N2)S(=O)(=O)c1ccc2ccccc2c1. The van der Waals surface area contributed by atoms with Crippen LogP contribution in [0.1, 0.15) is 5.56 Å². The van der Waals surface area contributed by atoms with E-state index in [4.69, 9.17) is 0 Å². The van der Waals surface area contributed by atoms with Crippen LogP contribution in [0.15, 0.2) is 65.6 Å². The van der Waals surface area contributed by atoms with E-state index in [0.29, 0.717) is 5.69 Å². The van der Waals surface area contributed by atoms with Gasteiger partial charge in [0.15, 0.2) is 0 Å². The number of hydrogen-bond acceptors (Lipinski definition) is 4. The number of carbonyl (C=O) groups is 2. The number of anilines is 2. The number of rotatable bonds is 5. The van der Waals surface area contributed by atoms with Crippen molar-refractivity contribution in [3.63, 3.8) is 0 Å². The van der Waals surface area contributed by atoms with Gasteiger partial charge >= 0.3 is 0 Å². The van der Waals surface area contributed by atoms with Crippen LogP contribution >= 0.6 is 0 Å². The molecule has 148 valence electrons. The number of nitrogens with zero attached hydrogens (tertiary/aromatic N) is 1. The lowest BCUT2D eigenvalue weighted by Crippen LogP contribution is -2.35. The summed E-state index contributed by atoms with van der Waals surface area (Å²) in [7, 11) is -2.45. The third kappa shape index (κ3) is 3.85. The lowest BCUT2D eigenvalue weighted by molar-refractivity contribution is -0.116. The summed E-state index contributed by atoms with van der Waals surface area (Å²) in [5.74, 6) is -0.557. The second-order valence-corrected chi connectivity index (χ2v) is 8.96. The normalized spacial score (nSPS) is 13.4. The van der Waals surface area contributed by atoms with Gasteiger partial charge in [0.1, 0.15) is 0 Å². The van der Waals surface area contributed by atoms with E-state index >= 15 is 0 Å². The maximum atomic E-state index is 12.9. The topological polar surface area (TPSA) is 95.6 Å². The third-order valence-electron chi connectivity index (χ3n) is 4.81. The molecule has 1 aliphatic rings. The van der Waals surface area contributed by atoms with Crippen LogP contribution in [0.4, 0.5) is 11.4 Å². The number of carbonyl (C=O) groups excluding carboxylic acids is 2. The number of likely N-dealkylation sites (N-methyl/N-ethyl adjacent to an activating group) is 1. The van der Waals surface area contributed by atoms with Crippen molar-refractivity contribution >= 4 is 44.0 Å². The van der Waals surface area contributed by atoms with E-state index in [1.807, 2.05) is 24.3 Å². The summed E-state index contributed by atoms with van der Waals surface area (Å²) in [5, 5.41) is 7.16. The summed E-state index contributed by atoms with van der Waals surface area (Å²) in [5.41, 5.74) is 2.04. The molecule has 0 spiro atoms. The molecule has 2 N–H and O–H groups in total. The number of amides is 2. The second-order valence-electron chi connectivity index (χ2n) is 6.92. The zero-order chi connectivity index (χ0) is 20.6. The smallest absolute Gasteiger partial charge is 0.243 e. The number of sulfonamides is 1. The molecule has 2 amide bonds. The Kier molecular flexibility index (Phi) is 4.81. The Balaban J connectivity index is 1.47. The van der Waals surface area contributed by atoms with Gasteiger partial charge in [-0.3, -0.25) is 9.59 Å². The maximum Gasteiger partial charge on any atom is 0.243 e. The van der Waals surface area contributed by atoms with E-state index in [0.717, 1.165) is 26.3 Å². The molecule has 7 nitrogen and oxygen atoms in total. The van der Waals surface area contributed by atoms with Crippen LogP contribution in [0.3, 0.4) is 0 Å². The zero-order valence-corrected chi connectivity index (χ0v) is 16.5. The average molecular weight is 409 g/mol.